The molecule has 3 heterocycles. The van der Waals surface area contributed by atoms with E-state index in [-0.39, 0.29) is 11.7 Å². The SMILES string of the molecule is CNc1ncc(-c2ccc3nnc(CC(=O)C4CCN(C)CC4)cc3c2)s1. The third-order valence-electron chi connectivity index (χ3n) is 5.17. The van der Waals surface area contributed by atoms with Gasteiger partial charge in [0.1, 0.15) is 5.78 Å². The highest BCUT2D eigenvalue weighted by atomic mass is 32.1. The molecule has 1 aliphatic heterocycles. The quantitative estimate of drug-likeness (QED) is 0.732. The molecule has 0 amide bonds. The number of anilines is 1. The monoisotopic (exact) mass is 381 g/mol. The minimum Gasteiger partial charge on any atom is -0.365 e. The van der Waals surface area contributed by atoms with Crippen LogP contribution in [0.2, 0.25) is 0 Å². The Hall–Kier alpha value is -2.38. The minimum absolute atomic E-state index is 0.155. The fraction of sp³-hybridized carbons (Fsp3) is 0.400. The number of piperidine rings is 1. The van der Waals surface area contributed by atoms with E-state index in [0.717, 1.165) is 58.1 Å². The molecule has 1 N–H and O–H groups in total. The second-order valence-electron chi connectivity index (χ2n) is 7.11. The maximum absolute atomic E-state index is 12.6. The molecule has 1 aliphatic rings. The number of hydrogen-bond acceptors (Lipinski definition) is 7. The number of thiazole rings is 1. The Morgan fingerprint density at radius 1 is 1.26 bits per heavy atom. The van der Waals surface area contributed by atoms with E-state index in [2.05, 4.69) is 38.5 Å². The molecule has 0 atom stereocenters. The van der Waals surface area contributed by atoms with Crippen LogP contribution in [0.3, 0.4) is 0 Å². The zero-order valence-electron chi connectivity index (χ0n) is 15.6. The summed E-state index contributed by atoms with van der Waals surface area (Å²) in [6.07, 6.45) is 4.13. The van der Waals surface area contributed by atoms with Crippen molar-refractivity contribution in [3.63, 3.8) is 0 Å². The van der Waals surface area contributed by atoms with Gasteiger partial charge in [-0.15, -0.1) is 0 Å². The number of aromatic nitrogens is 3. The Morgan fingerprint density at radius 2 is 2.07 bits per heavy atom. The van der Waals surface area contributed by atoms with Crippen molar-refractivity contribution in [3.8, 4) is 10.4 Å². The van der Waals surface area contributed by atoms with Crippen LogP contribution in [-0.2, 0) is 11.2 Å². The van der Waals surface area contributed by atoms with Crippen LogP contribution in [0.4, 0.5) is 5.13 Å². The Labute approximate surface area is 162 Å². The van der Waals surface area contributed by atoms with E-state index in [9.17, 15) is 4.79 Å². The summed E-state index contributed by atoms with van der Waals surface area (Å²) >= 11 is 1.61. The maximum atomic E-state index is 12.6. The number of likely N-dealkylation sites (tertiary alicyclic amines) is 1. The highest BCUT2D eigenvalue weighted by Crippen LogP contribution is 2.30. The first-order chi connectivity index (χ1) is 13.1. The number of benzene rings is 1. The van der Waals surface area contributed by atoms with Crippen LogP contribution in [-0.4, -0.2) is 53.0 Å². The van der Waals surface area contributed by atoms with E-state index in [1.54, 1.807) is 11.3 Å². The lowest BCUT2D eigenvalue weighted by atomic mass is 9.90. The largest absolute Gasteiger partial charge is 0.365 e. The highest BCUT2D eigenvalue weighted by molar-refractivity contribution is 7.18. The van der Waals surface area contributed by atoms with Gasteiger partial charge in [-0.2, -0.15) is 10.2 Å². The van der Waals surface area contributed by atoms with Crippen molar-refractivity contribution < 1.29 is 4.79 Å². The number of rotatable bonds is 5. The van der Waals surface area contributed by atoms with Crippen molar-refractivity contribution in [2.45, 2.75) is 19.3 Å². The molecular weight excluding hydrogens is 358 g/mol. The number of ketones is 1. The predicted octanol–water partition coefficient (Wildman–Crippen LogP) is 3.25. The van der Waals surface area contributed by atoms with Gasteiger partial charge in [0.2, 0.25) is 0 Å². The third kappa shape index (κ3) is 3.99. The van der Waals surface area contributed by atoms with Crippen molar-refractivity contribution in [1.29, 1.82) is 0 Å². The molecule has 0 radical (unpaired) electrons. The summed E-state index contributed by atoms with van der Waals surface area (Å²) < 4.78 is 0. The third-order valence-corrected chi connectivity index (χ3v) is 6.23. The van der Waals surface area contributed by atoms with Crippen LogP contribution in [0.5, 0.6) is 0 Å². The molecule has 6 nitrogen and oxygen atoms in total. The van der Waals surface area contributed by atoms with Crippen LogP contribution in [0.25, 0.3) is 21.3 Å². The number of fused-ring (bicyclic) bond motifs is 1. The van der Waals surface area contributed by atoms with Crippen LogP contribution in [0.1, 0.15) is 18.5 Å². The lowest BCUT2D eigenvalue weighted by molar-refractivity contribution is -0.123. The zero-order chi connectivity index (χ0) is 18.8. The first-order valence-electron chi connectivity index (χ1n) is 9.24. The zero-order valence-corrected chi connectivity index (χ0v) is 16.4. The van der Waals surface area contributed by atoms with E-state index in [1.165, 1.54) is 0 Å². The van der Waals surface area contributed by atoms with Crippen molar-refractivity contribution >= 4 is 33.2 Å². The molecule has 7 heteroatoms. The lowest BCUT2D eigenvalue weighted by Gasteiger charge is -2.27. The Balaban J connectivity index is 1.54. The van der Waals surface area contributed by atoms with Gasteiger partial charge in [-0.25, -0.2) is 4.98 Å². The van der Waals surface area contributed by atoms with Crippen LogP contribution >= 0.6 is 11.3 Å². The molecule has 0 saturated carbocycles. The smallest absolute Gasteiger partial charge is 0.182 e. The number of carbonyl (C=O) groups excluding carboxylic acids is 1. The van der Waals surface area contributed by atoms with Gasteiger partial charge in [-0.1, -0.05) is 17.4 Å². The Bertz CT molecular complexity index is 962. The molecule has 4 rings (SSSR count). The Kier molecular flexibility index (Phi) is 5.13. The molecule has 27 heavy (non-hydrogen) atoms. The molecule has 0 unspecified atom stereocenters. The van der Waals surface area contributed by atoms with Gasteiger partial charge < -0.3 is 10.2 Å². The summed E-state index contributed by atoms with van der Waals surface area (Å²) in [4.78, 5) is 20.3. The topological polar surface area (TPSA) is 71.0 Å². The lowest BCUT2D eigenvalue weighted by Crippen LogP contribution is -2.34. The van der Waals surface area contributed by atoms with Gasteiger partial charge in [-0.05, 0) is 56.7 Å². The molecule has 1 aromatic carbocycles. The van der Waals surface area contributed by atoms with E-state index in [1.807, 2.05) is 31.4 Å². The van der Waals surface area contributed by atoms with Crippen molar-refractivity contribution in [1.82, 2.24) is 20.1 Å². The summed E-state index contributed by atoms with van der Waals surface area (Å²) in [7, 11) is 3.97. The van der Waals surface area contributed by atoms with Crippen molar-refractivity contribution in [3.05, 3.63) is 36.2 Å². The molecule has 3 aromatic rings. The van der Waals surface area contributed by atoms with Crippen molar-refractivity contribution in [2.75, 3.05) is 32.5 Å². The molecular formula is C20H23N5OS. The molecule has 0 bridgehead atoms. The first kappa shape index (κ1) is 18.0. The Morgan fingerprint density at radius 3 is 2.81 bits per heavy atom. The van der Waals surface area contributed by atoms with Gasteiger partial charge in [-0.3, -0.25) is 4.79 Å². The van der Waals surface area contributed by atoms with E-state index in [0.29, 0.717) is 6.42 Å². The summed E-state index contributed by atoms with van der Waals surface area (Å²) in [6.45, 7) is 1.99. The number of carbonyl (C=O) groups is 1. The second kappa shape index (κ2) is 7.70. The highest BCUT2D eigenvalue weighted by Gasteiger charge is 2.23. The number of nitrogens with zero attached hydrogens (tertiary/aromatic N) is 4. The van der Waals surface area contributed by atoms with E-state index in [4.69, 9.17) is 0 Å². The molecule has 1 fully saturated rings. The summed E-state index contributed by atoms with van der Waals surface area (Å²) in [5, 5.41) is 13.5. The van der Waals surface area contributed by atoms with Gasteiger partial charge in [0.05, 0.1) is 22.5 Å². The molecule has 0 aliphatic carbocycles. The molecule has 2 aromatic heterocycles. The first-order valence-corrected chi connectivity index (χ1v) is 10.1. The van der Waals surface area contributed by atoms with Gasteiger partial charge in [0.15, 0.2) is 5.13 Å². The number of Topliss-reactive ketones (excluding diaryl/α,β-unsaturated/α-hetero) is 1. The summed E-state index contributed by atoms with van der Waals surface area (Å²) in [6, 6.07) is 8.10. The maximum Gasteiger partial charge on any atom is 0.182 e. The standard InChI is InChI=1S/C20H23N5OS/c1-21-20-22-12-19(27-20)14-3-4-17-15(9-14)10-16(23-24-17)11-18(26)13-5-7-25(2)8-6-13/h3-4,9-10,12-13H,5-8,11H2,1-2H3,(H,21,22). The van der Waals surface area contributed by atoms with E-state index >= 15 is 0 Å². The van der Waals surface area contributed by atoms with Gasteiger partial charge >= 0.3 is 0 Å². The van der Waals surface area contributed by atoms with Crippen LogP contribution in [0, 0.1) is 5.92 Å². The average Bonchev–Trinajstić information content (AvgIpc) is 3.17. The fourth-order valence-corrected chi connectivity index (χ4v) is 4.27. The molecule has 140 valence electrons. The van der Waals surface area contributed by atoms with Crippen LogP contribution in [0.15, 0.2) is 30.5 Å². The van der Waals surface area contributed by atoms with Gasteiger partial charge in [0, 0.05) is 24.5 Å². The van der Waals surface area contributed by atoms with Crippen LogP contribution < -0.4 is 5.32 Å². The normalized spacial score (nSPS) is 15.9. The number of nitrogens with one attached hydrogen (secondary N) is 1. The molecule has 0 spiro atoms. The number of hydrogen-bond donors (Lipinski definition) is 1. The average molecular weight is 382 g/mol. The molecule has 1 saturated heterocycles. The second-order valence-corrected chi connectivity index (χ2v) is 8.14. The summed E-state index contributed by atoms with van der Waals surface area (Å²) in [5.74, 6) is 0.441. The van der Waals surface area contributed by atoms with E-state index < -0.39 is 0 Å². The van der Waals surface area contributed by atoms with Crippen molar-refractivity contribution in [2.24, 2.45) is 5.92 Å². The summed E-state index contributed by atoms with van der Waals surface area (Å²) in [5.41, 5.74) is 2.69. The fourth-order valence-electron chi connectivity index (χ4n) is 3.50. The minimum atomic E-state index is 0.155. The van der Waals surface area contributed by atoms with Gasteiger partial charge in [0.25, 0.3) is 0 Å². The predicted molar refractivity (Wildman–Crippen MR) is 109 cm³/mol.